The number of hydrogen-bond donors (Lipinski definition) is 1. The van der Waals surface area contributed by atoms with Gasteiger partial charge in [-0.1, -0.05) is 18.2 Å². The number of aromatic nitrogens is 4. The SMILES string of the molecule is Fc1cc(-c2cnc(OC3C[CH-]C3)nc2)ccc1-c1nc2ccccc2[nH]1.[Co]. The number of nitrogens with one attached hydrogen (secondary N) is 1. The molecule has 28 heavy (non-hydrogen) atoms. The van der Waals surface area contributed by atoms with Crippen molar-refractivity contribution in [1.82, 2.24) is 19.9 Å². The zero-order chi connectivity index (χ0) is 18.2. The molecule has 4 aromatic rings. The van der Waals surface area contributed by atoms with E-state index in [0.717, 1.165) is 29.4 Å². The third-order valence-corrected chi connectivity index (χ3v) is 4.71. The van der Waals surface area contributed by atoms with E-state index in [1.807, 2.05) is 30.3 Å². The van der Waals surface area contributed by atoms with Gasteiger partial charge in [0.05, 0.1) is 16.6 Å². The third-order valence-electron chi connectivity index (χ3n) is 4.71. The van der Waals surface area contributed by atoms with Crippen molar-refractivity contribution < 1.29 is 25.9 Å². The molecule has 5 nitrogen and oxygen atoms in total. The van der Waals surface area contributed by atoms with Crippen LogP contribution in [0.1, 0.15) is 12.8 Å². The number of halogens is 1. The van der Waals surface area contributed by atoms with Gasteiger partial charge in [-0.3, -0.25) is 0 Å². The molecule has 5 rings (SSSR count). The van der Waals surface area contributed by atoms with Gasteiger partial charge in [-0.2, -0.15) is 0 Å². The van der Waals surface area contributed by atoms with Crippen LogP contribution in [-0.2, 0) is 16.8 Å². The molecule has 2 heterocycles. The van der Waals surface area contributed by atoms with Crippen LogP contribution in [0.25, 0.3) is 33.5 Å². The summed E-state index contributed by atoms with van der Waals surface area (Å²) >= 11 is 0. The molecular formula is C21H16CoFN4O-. The summed E-state index contributed by atoms with van der Waals surface area (Å²) in [5, 5.41) is 0. The first-order valence-electron chi connectivity index (χ1n) is 8.82. The standard InChI is InChI=1S/C21H16FN4O.Co/c22-17-10-13(14-11-23-21(24-12-14)27-15-4-3-5-15)8-9-16(17)20-25-18-6-1-2-7-19(18)26-20;/h1-3,6-12,15H,4-5H2,(H,25,26);/q-1;. The van der Waals surface area contributed by atoms with Crippen LogP contribution in [0.2, 0.25) is 0 Å². The van der Waals surface area contributed by atoms with Crippen LogP contribution in [0.4, 0.5) is 4.39 Å². The van der Waals surface area contributed by atoms with Crippen LogP contribution < -0.4 is 4.74 Å². The molecule has 0 saturated heterocycles. The Morgan fingerprint density at radius 3 is 2.50 bits per heavy atom. The number of para-hydroxylation sites is 2. The number of fused-ring (bicyclic) bond motifs is 1. The van der Waals surface area contributed by atoms with E-state index in [1.54, 1.807) is 18.5 Å². The van der Waals surface area contributed by atoms with Crippen molar-refractivity contribution >= 4 is 11.0 Å². The van der Waals surface area contributed by atoms with E-state index in [0.29, 0.717) is 23.0 Å². The van der Waals surface area contributed by atoms with Crippen molar-refractivity contribution in [1.29, 1.82) is 0 Å². The third kappa shape index (κ3) is 3.50. The topological polar surface area (TPSA) is 63.7 Å². The van der Waals surface area contributed by atoms with Gasteiger partial charge in [-0.15, -0.1) is 12.8 Å². The van der Waals surface area contributed by atoms with Crippen LogP contribution in [0.3, 0.4) is 0 Å². The Morgan fingerprint density at radius 2 is 1.82 bits per heavy atom. The van der Waals surface area contributed by atoms with Crippen LogP contribution in [0.5, 0.6) is 6.01 Å². The average molecular weight is 418 g/mol. The van der Waals surface area contributed by atoms with E-state index in [1.165, 1.54) is 6.07 Å². The Morgan fingerprint density at radius 1 is 1.04 bits per heavy atom. The molecule has 0 atom stereocenters. The molecule has 0 unspecified atom stereocenters. The number of hydrogen-bond acceptors (Lipinski definition) is 4. The van der Waals surface area contributed by atoms with E-state index >= 15 is 0 Å². The van der Waals surface area contributed by atoms with Gasteiger partial charge in [-0.25, -0.2) is 19.3 Å². The average Bonchev–Trinajstić information content (AvgIpc) is 3.09. The fourth-order valence-electron chi connectivity index (χ4n) is 3.04. The Hall–Kier alpha value is -2.77. The molecule has 1 saturated carbocycles. The molecule has 143 valence electrons. The molecule has 1 radical (unpaired) electrons. The zero-order valence-corrected chi connectivity index (χ0v) is 15.8. The fourth-order valence-corrected chi connectivity index (χ4v) is 3.04. The number of aromatic amines is 1. The predicted molar refractivity (Wildman–Crippen MR) is 100 cm³/mol. The summed E-state index contributed by atoms with van der Waals surface area (Å²) in [6, 6.07) is 13.0. The molecule has 0 bridgehead atoms. The maximum absolute atomic E-state index is 14.7. The number of H-pyrrole nitrogens is 1. The quantitative estimate of drug-likeness (QED) is 0.494. The summed E-state index contributed by atoms with van der Waals surface area (Å²) < 4.78 is 20.4. The van der Waals surface area contributed by atoms with Crippen molar-refractivity contribution in [2.24, 2.45) is 0 Å². The first-order valence-corrected chi connectivity index (χ1v) is 8.82. The van der Waals surface area contributed by atoms with E-state index < -0.39 is 0 Å². The maximum atomic E-state index is 14.7. The summed E-state index contributed by atoms with van der Waals surface area (Å²) in [5.74, 6) is 0.162. The van der Waals surface area contributed by atoms with Gasteiger partial charge in [0.25, 0.3) is 0 Å². The Kier molecular flexibility index (Phi) is 5.10. The molecule has 0 aliphatic heterocycles. The Balaban J connectivity index is 0.00000192. The number of benzene rings is 2. The maximum Gasteiger partial charge on any atom is 0.316 e. The molecule has 7 heteroatoms. The molecule has 2 aromatic carbocycles. The van der Waals surface area contributed by atoms with Crippen molar-refractivity contribution in [3.8, 4) is 28.5 Å². The minimum absolute atomic E-state index is 0. The Bertz CT molecular complexity index is 1080. The summed E-state index contributed by atoms with van der Waals surface area (Å²) in [6.45, 7) is 0. The summed E-state index contributed by atoms with van der Waals surface area (Å²) in [7, 11) is 0. The van der Waals surface area contributed by atoms with E-state index in [9.17, 15) is 4.39 Å². The van der Waals surface area contributed by atoms with Gasteiger partial charge >= 0.3 is 6.01 Å². The number of rotatable bonds is 4. The van der Waals surface area contributed by atoms with Crippen LogP contribution >= 0.6 is 0 Å². The number of ether oxygens (including phenoxy) is 1. The normalized spacial score (nSPS) is 13.8. The van der Waals surface area contributed by atoms with Gasteiger partial charge in [0.2, 0.25) is 0 Å². The molecule has 1 aliphatic rings. The molecule has 0 amide bonds. The van der Waals surface area contributed by atoms with E-state index in [2.05, 4.69) is 26.4 Å². The van der Waals surface area contributed by atoms with Crippen LogP contribution in [0.15, 0.2) is 54.9 Å². The van der Waals surface area contributed by atoms with Crippen molar-refractivity contribution in [3.63, 3.8) is 0 Å². The van der Waals surface area contributed by atoms with E-state index in [4.69, 9.17) is 4.74 Å². The fraction of sp³-hybridized carbons (Fsp3) is 0.143. The second kappa shape index (κ2) is 7.69. The van der Waals surface area contributed by atoms with Gasteiger partial charge in [0.15, 0.2) is 0 Å². The molecule has 1 N–H and O–H groups in total. The summed E-state index contributed by atoms with van der Waals surface area (Å²) in [6.07, 6.45) is 7.50. The number of nitrogens with zero attached hydrogens (tertiary/aromatic N) is 3. The summed E-state index contributed by atoms with van der Waals surface area (Å²) in [5.41, 5.74) is 3.55. The first-order chi connectivity index (χ1) is 13.3. The second-order valence-corrected chi connectivity index (χ2v) is 6.55. The number of imidazole rings is 1. The van der Waals surface area contributed by atoms with Crippen molar-refractivity contribution in [3.05, 3.63) is 67.1 Å². The minimum Gasteiger partial charge on any atom is -0.466 e. The second-order valence-electron chi connectivity index (χ2n) is 6.55. The van der Waals surface area contributed by atoms with Crippen LogP contribution in [0, 0.1) is 12.2 Å². The van der Waals surface area contributed by atoms with E-state index in [-0.39, 0.29) is 28.7 Å². The monoisotopic (exact) mass is 418 g/mol. The van der Waals surface area contributed by atoms with Crippen LogP contribution in [-0.4, -0.2) is 26.0 Å². The first kappa shape index (κ1) is 18.6. The van der Waals surface area contributed by atoms with Crippen molar-refractivity contribution in [2.75, 3.05) is 0 Å². The zero-order valence-electron chi connectivity index (χ0n) is 14.7. The van der Waals surface area contributed by atoms with Gasteiger partial charge < -0.3 is 16.1 Å². The van der Waals surface area contributed by atoms with Gasteiger partial charge in [0, 0.05) is 40.8 Å². The smallest absolute Gasteiger partial charge is 0.316 e. The minimum atomic E-state index is -0.350. The van der Waals surface area contributed by atoms with Gasteiger partial charge in [-0.05, 0) is 29.8 Å². The van der Waals surface area contributed by atoms with Gasteiger partial charge in [0.1, 0.15) is 11.6 Å². The summed E-state index contributed by atoms with van der Waals surface area (Å²) in [4.78, 5) is 16.1. The molecule has 0 spiro atoms. The molecule has 1 fully saturated rings. The predicted octanol–water partition coefficient (Wildman–Crippen LogP) is 4.57. The molecular weight excluding hydrogens is 402 g/mol. The molecule has 1 aliphatic carbocycles. The largest absolute Gasteiger partial charge is 0.466 e. The molecule has 2 aromatic heterocycles. The Labute approximate surface area is 171 Å². The van der Waals surface area contributed by atoms with Crippen molar-refractivity contribution in [2.45, 2.75) is 18.9 Å².